The number of thiophene rings is 1. The number of anilines is 2. The van der Waals surface area contributed by atoms with Crippen LogP contribution >= 0.6 is 22.9 Å². The Balaban J connectivity index is 1.52. The van der Waals surface area contributed by atoms with Gasteiger partial charge in [0, 0.05) is 34.6 Å². The number of nitrogens with zero attached hydrogens (tertiary/aromatic N) is 4. The van der Waals surface area contributed by atoms with Crippen molar-refractivity contribution in [2.45, 2.75) is 37.8 Å². The van der Waals surface area contributed by atoms with Crippen LogP contribution in [0.4, 0.5) is 11.8 Å². The zero-order chi connectivity index (χ0) is 22.5. The van der Waals surface area contributed by atoms with Crippen molar-refractivity contribution in [3.05, 3.63) is 34.7 Å². The molecular weight excluding hydrogens is 458 g/mol. The number of rotatable bonds is 4. The number of carbonyl (C=O) groups excluding carboxylic acids is 1. The summed E-state index contributed by atoms with van der Waals surface area (Å²) in [5, 5.41) is 3.83. The number of halogens is 1. The van der Waals surface area contributed by atoms with Gasteiger partial charge in [0.15, 0.2) is 0 Å². The Morgan fingerprint density at radius 2 is 1.91 bits per heavy atom. The maximum atomic E-state index is 12.0. The highest BCUT2D eigenvalue weighted by atomic mass is 35.5. The van der Waals surface area contributed by atoms with Gasteiger partial charge in [-0.3, -0.25) is 4.79 Å². The van der Waals surface area contributed by atoms with Crippen LogP contribution < -0.4 is 15.5 Å². The maximum Gasteiger partial charge on any atom is 0.229 e. The van der Waals surface area contributed by atoms with Gasteiger partial charge in [0.25, 0.3) is 0 Å². The van der Waals surface area contributed by atoms with Crippen LogP contribution in [0.5, 0.6) is 0 Å². The molecule has 6 rings (SSSR count). The number of piperidine rings is 1. The summed E-state index contributed by atoms with van der Waals surface area (Å²) in [5.41, 5.74) is 7.70. The van der Waals surface area contributed by atoms with Crippen molar-refractivity contribution < 1.29 is 9.53 Å². The lowest BCUT2D eigenvalue weighted by molar-refractivity contribution is -0.122. The average Bonchev–Trinajstić information content (AvgIpc) is 3.36. The molecule has 2 N–H and O–H groups in total. The number of morpholine rings is 1. The van der Waals surface area contributed by atoms with E-state index in [1.807, 2.05) is 24.3 Å². The molecule has 3 fully saturated rings. The number of nitrogens with two attached hydrogens (primary N) is 1. The first-order valence-electron chi connectivity index (χ1n) is 11.5. The number of fused-ring (bicyclic) bond motifs is 3. The van der Waals surface area contributed by atoms with Crippen molar-refractivity contribution in [3.63, 3.8) is 0 Å². The van der Waals surface area contributed by atoms with E-state index < -0.39 is 0 Å². The molecule has 1 aromatic carbocycles. The van der Waals surface area contributed by atoms with Gasteiger partial charge < -0.3 is 20.3 Å². The second-order valence-electron chi connectivity index (χ2n) is 9.17. The SMILES string of the molecule is NC(=O)C1CCCN(c2nc(N3C4CCC3COC4)nc3scc(-c4ccccc4Cl)c23)C1. The summed E-state index contributed by atoms with van der Waals surface area (Å²) in [6.45, 7) is 2.85. The third kappa shape index (κ3) is 3.64. The monoisotopic (exact) mass is 483 g/mol. The van der Waals surface area contributed by atoms with Gasteiger partial charge in [0.1, 0.15) is 10.6 Å². The summed E-state index contributed by atoms with van der Waals surface area (Å²) in [6, 6.07) is 8.51. The molecule has 7 nitrogen and oxygen atoms in total. The van der Waals surface area contributed by atoms with Gasteiger partial charge in [-0.05, 0) is 31.7 Å². The number of primary amides is 1. The summed E-state index contributed by atoms with van der Waals surface area (Å²) in [6.07, 6.45) is 3.93. The maximum absolute atomic E-state index is 12.0. The van der Waals surface area contributed by atoms with Crippen molar-refractivity contribution in [2.75, 3.05) is 36.1 Å². The fourth-order valence-corrected chi connectivity index (χ4v) is 6.66. The van der Waals surface area contributed by atoms with Gasteiger partial charge >= 0.3 is 0 Å². The third-order valence-corrected chi connectivity index (χ3v) is 8.36. The molecule has 3 atom stereocenters. The molecule has 172 valence electrons. The molecule has 3 saturated heterocycles. The Labute approximate surface area is 201 Å². The summed E-state index contributed by atoms with van der Waals surface area (Å²) < 4.78 is 5.79. The largest absolute Gasteiger partial charge is 0.377 e. The number of hydrogen-bond acceptors (Lipinski definition) is 7. The standard InChI is InChI=1S/C24H26ClN5O2S/c25-19-6-2-1-5-17(19)18-13-33-23-20(18)22(29-9-3-4-14(10-29)21(26)31)27-24(28-23)30-15-7-8-16(30)12-32-11-15/h1-2,5-6,13-16H,3-4,7-12H2,(H2,26,31). The molecule has 9 heteroatoms. The fraction of sp³-hybridized carbons (Fsp3) is 0.458. The van der Waals surface area contributed by atoms with E-state index in [0.717, 1.165) is 78.6 Å². The van der Waals surface area contributed by atoms with Gasteiger partial charge in [0.2, 0.25) is 11.9 Å². The van der Waals surface area contributed by atoms with Crippen molar-refractivity contribution in [2.24, 2.45) is 11.7 Å². The Morgan fingerprint density at radius 1 is 1.12 bits per heavy atom. The van der Waals surface area contributed by atoms with E-state index in [1.165, 1.54) is 0 Å². The second-order valence-corrected chi connectivity index (χ2v) is 10.4. The van der Waals surface area contributed by atoms with E-state index in [1.54, 1.807) is 11.3 Å². The smallest absolute Gasteiger partial charge is 0.229 e. The first-order chi connectivity index (χ1) is 16.1. The topological polar surface area (TPSA) is 84.6 Å². The van der Waals surface area contributed by atoms with Crippen LogP contribution in [0, 0.1) is 5.92 Å². The quantitative estimate of drug-likeness (QED) is 0.602. The highest BCUT2D eigenvalue weighted by Gasteiger charge is 2.40. The van der Waals surface area contributed by atoms with Gasteiger partial charge in [-0.15, -0.1) is 11.3 Å². The molecule has 0 radical (unpaired) electrons. The van der Waals surface area contributed by atoms with Crippen LogP contribution in [0.3, 0.4) is 0 Å². The summed E-state index contributed by atoms with van der Waals surface area (Å²) in [4.78, 5) is 27.7. The van der Waals surface area contributed by atoms with Gasteiger partial charge in [-0.2, -0.15) is 4.98 Å². The fourth-order valence-electron chi connectivity index (χ4n) is 5.49. The van der Waals surface area contributed by atoms with Crippen molar-refractivity contribution in [3.8, 4) is 11.1 Å². The molecule has 3 aromatic rings. The normalized spacial score (nSPS) is 25.1. The van der Waals surface area contributed by atoms with Gasteiger partial charge in [-0.25, -0.2) is 4.98 Å². The van der Waals surface area contributed by atoms with Crippen molar-refractivity contribution >= 4 is 50.8 Å². The van der Waals surface area contributed by atoms with E-state index >= 15 is 0 Å². The zero-order valence-corrected chi connectivity index (χ0v) is 19.8. The Morgan fingerprint density at radius 3 is 2.67 bits per heavy atom. The molecule has 3 unspecified atom stereocenters. The molecule has 3 aliphatic rings. The Hall–Kier alpha value is -2.42. The molecule has 0 saturated carbocycles. The summed E-state index contributed by atoms with van der Waals surface area (Å²) >= 11 is 8.20. The molecule has 2 bridgehead atoms. The molecule has 0 spiro atoms. The predicted octanol–water partition coefficient (Wildman–Crippen LogP) is 4.08. The van der Waals surface area contributed by atoms with Crippen LogP contribution in [0.1, 0.15) is 25.7 Å². The number of aromatic nitrogens is 2. The average molecular weight is 484 g/mol. The van der Waals surface area contributed by atoms with E-state index in [2.05, 4.69) is 15.2 Å². The Bertz CT molecular complexity index is 1200. The minimum absolute atomic E-state index is 0.172. The first-order valence-corrected chi connectivity index (χ1v) is 12.8. The van der Waals surface area contributed by atoms with E-state index in [4.69, 9.17) is 32.0 Å². The minimum atomic E-state index is -0.243. The molecule has 1 amide bonds. The molecule has 2 aromatic heterocycles. The minimum Gasteiger partial charge on any atom is -0.377 e. The van der Waals surface area contributed by atoms with Crippen LogP contribution in [0.2, 0.25) is 5.02 Å². The molecule has 5 heterocycles. The first kappa shape index (κ1) is 21.1. The van der Waals surface area contributed by atoms with E-state index in [0.29, 0.717) is 23.7 Å². The van der Waals surface area contributed by atoms with Crippen LogP contribution in [0.25, 0.3) is 21.3 Å². The van der Waals surface area contributed by atoms with E-state index in [-0.39, 0.29) is 11.8 Å². The highest BCUT2D eigenvalue weighted by molar-refractivity contribution is 7.17. The van der Waals surface area contributed by atoms with Gasteiger partial charge in [-0.1, -0.05) is 29.8 Å². The van der Waals surface area contributed by atoms with Crippen molar-refractivity contribution in [1.29, 1.82) is 0 Å². The summed E-state index contributed by atoms with van der Waals surface area (Å²) in [5.74, 6) is 1.23. The Kier molecular flexibility index (Phi) is 5.39. The zero-order valence-electron chi connectivity index (χ0n) is 18.2. The molecule has 0 aliphatic carbocycles. The van der Waals surface area contributed by atoms with Crippen LogP contribution in [-0.4, -0.2) is 54.3 Å². The van der Waals surface area contributed by atoms with E-state index in [9.17, 15) is 4.79 Å². The third-order valence-electron chi connectivity index (χ3n) is 7.16. The lowest BCUT2D eigenvalue weighted by Gasteiger charge is -2.36. The number of amides is 1. The predicted molar refractivity (Wildman–Crippen MR) is 132 cm³/mol. The van der Waals surface area contributed by atoms with Crippen LogP contribution in [-0.2, 0) is 9.53 Å². The van der Waals surface area contributed by atoms with Crippen molar-refractivity contribution in [1.82, 2.24) is 9.97 Å². The van der Waals surface area contributed by atoms with Crippen LogP contribution in [0.15, 0.2) is 29.6 Å². The number of ether oxygens (including phenoxy) is 1. The molecule has 33 heavy (non-hydrogen) atoms. The van der Waals surface area contributed by atoms with Gasteiger partial charge in [0.05, 0.1) is 36.6 Å². The second kappa shape index (κ2) is 8.42. The molecule has 3 aliphatic heterocycles. The lowest BCUT2D eigenvalue weighted by atomic mass is 9.97. The highest BCUT2D eigenvalue weighted by Crippen LogP contribution is 2.43. The number of carbonyl (C=O) groups is 1. The lowest BCUT2D eigenvalue weighted by Crippen LogP contribution is -2.47. The number of benzene rings is 1. The number of hydrogen-bond donors (Lipinski definition) is 1. The molecular formula is C24H26ClN5O2S. The summed E-state index contributed by atoms with van der Waals surface area (Å²) in [7, 11) is 0.